The maximum Gasteiger partial charge on any atom is 0.412 e. The highest BCUT2D eigenvalue weighted by Crippen LogP contribution is 2.38. The van der Waals surface area contributed by atoms with Gasteiger partial charge in [0.2, 0.25) is 5.91 Å². The van der Waals surface area contributed by atoms with Gasteiger partial charge in [-0.05, 0) is 95.4 Å². The normalized spacial score (nSPS) is 19.0. The van der Waals surface area contributed by atoms with E-state index in [9.17, 15) is 24.0 Å². The van der Waals surface area contributed by atoms with Gasteiger partial charge in [-0.1, -0.05) is 13.3 Å². The highest BCUT2D eigenvalue weighted by Gasteiger charge is 2.50. The highest BCUT2D eigenvalue weighted by atomic mass is 16.6. The summed E-state index contributed by atoms with van der Waals surface area (Å²) in [4.78, 5) is 64.5. The van der Waals surface area contributed by atoms with Gasteiger partial charge < -0.3 is 34.3 Å². The molecule has 15 nitrogen and oxygen atoms in total. The van der Waals surface area contributed by atoms with Crippen LogP contribution in [0.15, 0.2) is 5.10 Å². The van der Waals surface area contributed by atoms with Gasteiger partial charge >= 0.3 is 24.1 Å². The monoisotopic (exact) mass is 699 g/mol. The zero-order chi connectivity index (χ0) is 38.0. The summed E-state index contributed by atoms with van der Waals surface area (Å²) in [5, 5.41) is 13.8. The maximum atomic E-state index is 14.0. The number of carbonyl (C=O) groups excluding carboxylic acids is 5. The molecule has 0 spiro atoms. The zero-order valence-electron chi connectivity index (χ0n) is 32.0. The largest absolute Gasteiger partial charge is 0.460 e. The van der Waals surface area contributed by atoms with Gasteiger partial charge in [0, 0.05) is 20.0 Å². The number of nitrogens with zero attached hydrogens (tertiary/aromatic N) is 2. The molecule has 0 aromatic carbocycles. The lowest BCUT2D eigenvalue weighted by Gasteiger charge is -2.39. The molecule has 0 saturated carbocycles. The van der Waals surface area contributed by atoms with E-state index in [1.165, 1.54) is 19.0 Å². The minimum Gasteiger partial charge on any atom is -0.460 e. The maximum absolute atomic E-state index is 14.0. The van der Waals surface area contributed by atoms with Gasteiger partial charge in [0.15, 0.2) is 0 Å². The molecule has 0 aromatic rings. The molecule has 282 valence electrons. The van der Waals surface area contributed by atoms with Crippen LogP contribution in [0, 0.1) is 11.8 Å². The molecule has 5 atom stereocenters. The second kappa shape index (κ2) is 17.9. The summed E-state index contributed by atoms with van der Waals surface area (Å²) < 4.78 is 28.0. The van der Waals surface area contributed by atoms with Crippen molar-refractivity contribution in [2.75, 3.05) is 13.7 Å². The van der Waals surface area contributed by atoms with Crippen LogP contribution in [0.4, 0.5) is 9.59 Å². The Morgan fingerprint density at radius 2 is 1.41 bits per heavy atom. The average molecular weight is 700 g/mol. The molecule has 1 aliphatic rings. The van der Waals surface area contributed by atoms with Crippen LogP contribution in [-0.2, 0) is 38.1 Å². The predicted octanol–water partition coefficient (Wildman–Crippen LogP) is 4.62. The van der Waals surface area contributed by atoms with Crippen molar-refractivity contribution in [3.05, 3.63) is 0 Å². The molecule has 0 radical (unpaired) electrons. The van der Waals surface area contributed by atoms with E-state index < -0.39 is 76.7 Å². The lowest BCUT2D eigenvalue weighted by Crippen LogP contribution is -2.53. The van der Waals surface area contributed by atoms with E-state index in [0.717, 1.165) is 6.34 Å². The number of hydrazone groups is 1. The van der Waals surface area contributed by atoms with Gasteiger partial charge in [-0.2, -0.15) is 5.10 Å². The molecule has 0 aromatic heterocycles. The summed E-state index contributed by atoms with van der Waals surface area (Å²) in [6.07, 6.45) is 0.475. The SMILES string of the molecule is CCCC(C(NC(C)=O)OC)C(C(=O)OC(C)(C)C)C1CCC(C(=O)OC(C)(C)C)N1/N=C/NC(=O)OC(C)(C)CNC(=O)OC(C)(C)C. The van der Waals surface area contributed by atoms with Crippen LogP contribution in [0.25, 0.3) is 0 Å². The number of hydrogen-bond donors (Lipinski definition) is 3. The molecular formula is C34H61N5O10. The lowest BCUT2D eigenvalue weighted by molar-refractivity contribution is -0.172. The van der Waals surface area contributed by atoms with E-state index in [0.29, 0.717) is 25.7 Å². The van der Waals surface area contributed by atoms with E-state index in [1.807, 2.05) is 6.92 Å². The van der Waals surface area contributed by atoms with E-state index in [4.69, 9.17) is 23.7 Å². The Bertz CT molecular complexity index is 1170. The first-order valence-corrected chi connectivity index (χ1v) is 16.8. The van der Waals surface area contributed by atoms with Crippen LogP contribution in [0.3, 0.4) is 0 Å². The minimum atomic E-state index is -1.13. The highest BCUT2D eigenvalue weighted by molar-refractivity contribution is 5.83. The standard InChI is InChI=1S/C34H61N5O10/c1-15-16-22(26(45-14)38-21(2)40)25(28(42)47-32(6,7)8)23-17-18-24(27(41)46-31(3,4)5)39(23)37-20-36-30(44)49-34(12,13)19-35-29(43)48-33(9,10)11/h20,22-26H,15-19H2,1-14H3,(H,35,43)(H,38,40)(H,36,37,44). The van der Waals surface area contributed by atoms with Crippen LogP contribution in [-0.4, -0.2) is 95.8 Å². The Kier molecular flexibility index (Phi) is 15.8. The fraction of sp³-hybridized carbons (Fsp3) is 0.824. The van der Waals surface area contributed by atoms with Gasteiger partial charge in [0.25, 0.3) is 0 Å². The number of nitrogens with one attached hydrogen (secondary N) is 3. The van der Waals surface area contributed by atoms with E-state index in [-0.39, 0.29) is 12.5 Å². The first-order valence-electron chi connectivity index (χ1n) is 16.8. The predicted molar refractivity (Wildman–Crippen MR) is 183 cm³/mol. The van der Waals surface area contributed by atoms with Crippen LogP contribution < -0.4 is 16.0 Å². The third-order valence-corrected chi connectivity index (χ3v) is 7.04. The summed E-state index contributed by atoms with van der Waals surface area (Å²) in [6, 6.07) is -1.61. The molecule has 1 fully saturated rings. The van der Waals surface area contributed by atoms with Gasteiger partial charge in [0.1, 0.15) is 41.0 Å². The Hall–Kier alpha value is -3.62. The summed E-state index contributed by atoms with van der Waals surface area (Å²) in [7, 11) is 1.45. The van der Waals surface area contributed by atoms with Crippen molar-refractivity contribution in [1.82, 2.24) is 21.0 Å². The third-order valence-electron chi connectivity index (χ3n) is 7.04. The number of alkyl carbamates (subject to hydrolysis) is 2. The number of amides is 3. The fourth-order valence-corrected chi connectivity index (χ4v) is 5.37. The fourth-order valence-electron chi connectivity index (χ4n) is 5.37. The van der Waals surface area contributed by atoms with Gasteiger partial charge in [0.05, 0.1) is 18.5 Å². The van der Waals surface area contributed by atoms with Crippen molar-refractivity contribution >= 4 is 36.4 Å². The second-order valence-electron chi connectivity index (χ2n) is 15.8. The molecule has 5 unspecified atom stereocenters. The summed E-state index contributed by atoms with van der Waals surface area (Å²) >= 11 is 0. The van der Waals surface area contributed by atoms with Crippen molar-refractivity contribution in [3.63, 3.8) is 0 Å². The Labute approximate surface area is 291 Å². The molecule has 1 aliphatic heterocycles. The third kappa shape index (κ3) is 16.1. The first-order chi connectivity index (χ1) is 22.3. The Balaban J connectivity index is 3.46. The topological polar surface area (TPSA) is 183 Å². The van der Waals surface area contributed by atoms with Crippen LogP contribution in [0.1, 0.15) is 116 Å². The first kappa shape index (κ1) is 43.4. The van der Waals surface area contributed by atoms with Crippen molar-refractivity contribution in [3.8, 4) is 0 Å². The number of methoxy groups -OCH3 is 1. The smallest absolute Gasteiger partial charge is 0.412 e. The molecular weight excluding hydrogens is 638 g/mol. The van der Waals surface area contributed by atoms with Crippen molar-refractivity contribution in [2.45, 2.75) is 156 Å². The van der Waals surface area contributed by atoms with Gasteiger partial charge in [-0.25, -0.2) is 14.4 Å². The Morgan fingerprint density at radius 3 is 1.90 bits per heavy atom. The number of esters is 2. The molecule has 3 N–H and O–H groups in total. The van der Waals surface area contributed by atoms with Crippen LogP contribution >= 0.6 is 0 Å². The van der Waals surface area contributed by atoms with Gasteiger partial charge in [-0.3, -0.25) is 19.9 Å². The number of carbonyl (C=O) groups is 5. The number of rotatable bonds is 14. The average Bonchev–Trinajstić information content (AvgIpc) is 3.30. The molecule has 49 heavy (non-hydrogen) atoms. The molecule has 0 bridgehead atoms. The Morgan fingerprint density at radius 1 is 0.837 bits per heavy atom. The summed E-state index contributed by atoms with van der Waals surface area (Å²) in [6.45, 7) is 22.2. The zero-order valence-corrected chi connectivity index (χ0v) is 32.0. The quantitative estimate of drug-likeness (QED) is 0.0756. The molecule has 3 amide bonds. The molecule has 1 rings (SSSR count). The molecule has 15 heteroatoms. The number of hydrogen-bond acceptors (Lipinski definition) is 12. The molecule has 1 saturated heterocycles. The summed E-state index contributed by atoms with van der Waals surface area (Å²) in [5.41, 5.74) is -3.46. The number of ether oxygens (including phenoxy) is 5. The van der Waals surface area contributed by atoms with E-state index >= 15 is 0 Å². The van der Waals surface area contributed by atoms with E-state index in [1.54, 1.807) is 76.2 Å². The van der Waals surface area contributed by atoms with Crippen LogP contribution in [0.5, 0.6) is 0 Å². The minimum absolute atomic E-state index is 0.0350. The van der Waals surface area contributed by atoms with Gasteiger partial charge in [-0.15, -0.1) is 0 Å². The summed E-state index contributed by atoms with van der Waals surface area (Å²) in [5.74, 6) is -2.91. The second-order valence-corrected chi connectivity index (χ2v) is 15.8. The van der Waals surface area contributed by atoms with Crippen molar-refractivity contribution in [1.29, 1.82) is 0 Å². The van der Waals surface area contributed by atoms with Crippen molar-refractivity contribution in [2.24, 2.45) is 16.9 Å². The lowest BCUT2D eigenvalue weighted by atomic mass is 9.80. The van der Waals surface area contributed by atoms with E-state index in [2.05, 4.69) is 21.1 Å². The van der Waals surface area contributed by atoms with Crippen LogP contribution in [0.2, 0.25) is 0 Å². The van der Waals surface area contributed by atoms with Crippen molar-refractivity contribution < 1.29 is 47.7 Å². The molecule has 0 aliphatic carbocycles. The molecule has 1 heterocycles.